The highest BCUT2D eigenvalue weighted by molar-refractivity contribution is 9.10. The molecule has 0 fully saturated rings. The zero-order chi connectivity index (χ0) is 8.15. The molecule has 1 unspecified atom stereocenters. The van der Waals surface area contributed by atoms with Crippen molar-refractivity contribution in [2.45, 2.75) is 4.83 Å². The fourth-order valence-corrected chi connectivity index (χ4v) is 1.48. The summed E-state index contributed by atoms with van der Waals surface area (Å²) in [5, 5.41) is 7.84. The van der Waals surface area contributed by atoms with Crippen LogP contribution >= 0.6 is 31.9 Å². The van der Waals surface area contributed by atoms with Gasteiger partial charge in [0.25, 0.3) is 0 Å². The zero-order valence-electron chi connectivity index (χ0n) is 5.56. The fraction of sp³-hybridized carbons (Fsp3) is 0.600. The maximum Gasteiger partial charge on any atom is 0.113 e. The Labute approximate surface area is 76.9 Å². The molecule has 0 heterocycles. The van der Waals surface area contributed by atoms with E-state index >= 15 is 0 Å². The summed E-state index contributed by atoms with van der Waals surface area (Å²) in [5.41, 5.74) is 5.91. The Morgan fingerprint density at radius 1 is 1.80 bits per heavy atom. The van der Waals surface area contributed by atoms with E-state index in [0.29, 0.717) is 16.9 Å². The molecule has 0 amide bonds. The number of alkyl halides is 2. The van der Waals surface area contributed by atoms with Gasteiger partial charge in [0.1, 0.15) is 10.7 Å². The molecule has 0 aliphatic heterocycles. The number of nitrogens with zero attached hydrogens (tertiary/aromatic N) is 1. The van der Waals surface area contributed by atoms with Crippen molar-refractivity contribution in [3.05, 3.63) is 0 Å². The maximum atomic E-state index is 7.32. The van der Waals surface area contributed by atoms with Gasteiger partial charge in [0.2, 0.25) is 0 Å². The Bertz CT molecular complexity index is 155. The summed E-state index contributed by atoms with van der Waals surface area (Å²) in [4.78, 5) is 3.52. The van der Waals surface area contributed by atoms with Crippen molar-refractivity contribution in [2.75, 3.05) is 12.4 Å². The van der Waals surface area contributed by atoms with Crippen LogP contribution in [0.25, 0.3) is 0 Å². The summed E-state index contributed by atoms with van der Waals surface area (Å²) in [6, 6.07) is 0. The molecule has 0 aromatic heterocycles. The summed E-state index contributed by atoms with van der Waals surface area (Å²) >= 11 is 6.37. The summed E-state index contributed by atoms with van der Waals surface area (Å²) in [6.07, 6.45) is 0. The summed E-state index contributed by atoms with van der Waals surface area (Å²) < 4.78 is 0. The molecule has 0 aliphatic rings. The third kappa shape index (κ3) is 2.79. The van der Waals surface area contributed by atoms with Crippen LogP contribution in [-0.2, 0) is 0 Å². The molecule has 10 heavy (non-hydrogen) atoms. The standard InChI is InChI=1S/C5H9Br2N3/c1-10-5(9)4(7)3(8)2-6/h4,8H,2H2,1H3,(H2,9,10). The lowest BCUT2D eigenvalue weighted by Gasteiger charge is -2.06. The van der Waals surface area contributed by atoms with Crippen molar-refractivity contribution >= 4 is 43.4 Å². The molecule has 5 heteroatoms. The summed E-state index contributed by atoms with van der Waals surface area (Å²) in [5.74, 6) is 0.435. The molecule has 0 bridgehead atoms. The minimum atomic E-state index is -0.225. The molecule has 0 aromatic rings. The van der Waals surface area contributed by atoms with Gasteiger partial charge in [-0.05, 0) is 0 Å². The van der Waals surface area contributed by atoms with Crippen LogP contribution < -0.4 is 5.73 Å². The van der Waals surface area contributed by atoms with E-state index < -0.39 is 0 Å². The lowest BCUT2D eigenvalue weighted by atomic mass is 10.3. The molecule has 0 radical (unpaired) electrons. The van der Waals surface area contributed by atoms with E-state index in [1.807, 2.05) is 0 Å². The topological polar surface area (TPSA) is 62.2 Å². The van der Waals surface area contributed by atoms with E-state index in [4.69, 9.17) is 11.1 Å². The first-order chi connectivity index (χ1) is 4.63. The third-order valence-electron chi connectivity index (χ3n) is 0.968. The van der Waals surface area contributed by atoms with Gasteiger partial charge >= 0.3 is 0 Å². The highest BCUT2D eigenvalue weighted by atomic mass is 79.9. The largest absolute Gasteiger partial charge is 0.386 e. The molecule has 0 saturated heterocycles. The minimum absolute atomic E-state index is 0.225. The monoisotopic (exact) mass is 269 g/mol. The Kier molecular flexibility index (Phi) is 4.89. The average molecular weight is 271 g/mol. The Balaban J connectivity index is 4.08. The third-order valence-corrected chi connectivity index (χ3v) is 2.59. The minimum Gasteiger partial charge on any atom is -0.386 e. The highest BCUT2D eigenvalue weighted by Gasteiger charge is 2.12. The number of halogens is 2. The Hall–Kier alpha value is 0.1000. The second-order valence-corrected chi connectivity index (χ2v) is 3.15. The Morgan fingerprint density at radius 3 is 2.60 bits per heavy atom. The molecule has 3 nitrogen and oxygen atoms in total. The maximum absolute atomic E-state index is 7.32. The number of nitrogens with one attached hydrogen (secondary N) is 1. The van der Waals surface area contributed by atoms with Gasteiger partial charge in [-0.3, -0.25) is 4.99 Å². The van der Waals surface area contributed by atoms with Gasteiger partial charge < -0.3 is 11.1 Å². The predicted octanol–water partition coefficient (Wildman–Crippen LogP) is 1.15. The number of aliphatic imine (C=N–C) groups is 1. The smallest absolute Gasteiger partial charge is 0.113 e. The predicted molar refractivity (Wildman–Crippen MR) is 51.8 cm³/mol. The van der Waals surface area contributed by atoms with E-state index in [1.165, 1.54) is 0 Å². The zero-order valence-corrected chi connectivity index (χ0v) is 8.74. The van der Waals surface area contributed by atoms with Crippen molar-refractivity contribution in [1.29, 1.82) is 5.41 Å². The molecule has 0 rings (SSSR count). The highest BCUT2D eigenvalue weighted by Crippen LogP contribution is 2.03. The van der Waals surface area contributed by atoms with E-state index in [2.05, 4.69) is 36.9 Å². The molecular formula is C5H9Br2N3. The number of rotatable bonds is 3. The molecule has 0 aromatic carbocycles. The number of amidine groups is 1. The van der Waals surface area contributed by atoms with Crippen LogP contribution in [-0.4, -0.2) is 28.8 Å². The normalized spacial score (nSPS) is 14.9. The van der Waals surface area contributed by atoms with Gasteiger partial charge in [-0.2, -0.15) is 0 Å². The van der Waals surface area contributed by atoms with Gasteiger partial charge in [-0.25, -0.2) is 0 Å². The first-order valence-corrected chi connectivity index (χ1v) is 4.66. The van der Waals surface area contributed by atoms with Crippen LogP contribution in [0.5, 0.6) is 0 Å². The second kappa shape index (κ2) is 4.85. The lowest BCUT2D eigenvalue weighted by molar-refractivity contribution is 1.32. The molecule has 3 N–H and O–H groups in total. The number of hydrogen-bond donors (Lipinski definition) is 2. The van der Waals surface area contributed by atoms with E-state index in [1.54, 1.807) is 7.05 Å². The molecular weight excluding hydrogens is 262 g/mol. The van der Waals surface area contributed by atoms with Crippen LogP contribution in [0.15, 0.2) is 4.99 Å². The number of hydrogen-bond acceptors (Lipinski definition) is 2. The van der Waals surface area contributed by atoms with Crippen molar-refractivity contribution in [2.24, 2.45) is 10.7 Å². The lowest BCUT2D eigenvalue weighted by Crippen LogP contribution is -2.31. The van der Waals surface area contributed by atoms with Gasteiger partial charge in [-0.1, -0.05) is 31.9 Å². The van der Waals surface area contributed by atoms with E-state index in [-0.39, 0.29) is 4.83 Å². The van der Waals surface area contributed by atoms with Gasteiger partial charge in [0.05, 0.1) is 0 Å². The molecule has 0 aliphatic carbocycles. The molecule has 0 saturated carbocycles. The summed E-state index contributed by atoms with van der Waals surface area (Å²) in [6.45, 7) is 0. The SMILES string of the molecule is CN=C(N)C(Br)C(=N)CBr. The van der Waals surface area contributed by atoms with Gasteiger partial charge in [-0.15, -0.1) is 0 Å². The molecule has 0 spiro atoms. The summed E-state index contributed by atoms with van der Waals surface area (Å²) in [7, 11) is 1.60. The van der Waals surface area contributed by atoms with Gasteiger partial charge in [0, 0.05) is 18.1 Å². The molecule has 58 valence electrons. The van der Waals surface area contributed by atoms with Crippen LogP contribution in [0.2, 0.25) is 0 Å². The quantitative estimate of drug-likeness (QED) is 0.451. The average Bonchev–Trinajstić information content (AvgIpc) is 2.00. The van der Waals surface area contributed by atoms with E-state index in [0.717, 1.165) is 0 Å². The van der Waals surface area contributed by atoms with Crippen molar-refractivity contribution in [1.82, 2.24) is 0 Å². The second-order valence-electron chi connectivity index (χ2n) is 1.67. The fourth-order valence-electron chi connectivity index (χ4n) is 0.360. The van der Waals surface area contributed by atoms with Crippen molar-refractivity contribution in [3.8, 4) is 0 Å². The van der Waals surface area contributed by atoms with Gasteiger partial charge in [0.15, 0.2) is 0 Å². The van der Waals surface area contributed by atoms with Crippen LogP contribution in [0.4, 0.5) is 0 Å². The van der Waals surface area contributed by atoms with Crippen LogP contribution in [0.1, 0.15) is 0 Å². The van der Waals surface area contributed by atoms with Crippen LogP contribution in [0.3, 0.4) is 0 Å². The Morgan fingerprint density at radius 2 is 2.30 bits per heavy atom. The van der Waals surface area contributed by atoms with Crippen LogP contribution in [0, 0.1) is 5.41 Å². The van der Waals surface area contributed by atoms with Crippen molar-refractivity contribution in [3.63, 3.8) is 0 Å². The first kappa shape index (κ1) is 10.1. The molecule has 1 atom stereocenters. The number of nitrogens with two attached hydrogens (primary N) is 1. The van der Waals surface area contributed by atoms with Crippen molar-refractivity contribution < 1.29 is 0 Å². The first-order valence-electron chi connectivity index (χ1n) is 2.63. The van der Waals surface area contributed by atoms with E-state index in [9.17, 15) is 0 Å².